The first-order valence-electron chi connectivity index (χ1n) is 2.39. The van der Waals surface area contributed by atoms with E-state index >= 15 is 0 Å². The average molecular weight is 161 g/mol. The molecule has 0 saturated carbocycles. The van der Waals surface area contributed by atoms with E-state index in [2.05, 4.69) is 11.3 Å². The molecule has 0 fully saturated rings. The van der Waals surface area contributed by atoms with Gasteiger partial charge < -0.3 is 0 Å². The van der Waals surface area contributed by atoms with Gasteiger partial charge in [0.15, 0.2) is 0 Å². The van der Waals surface area contributed by atoms with Crippen molar-refractivity contribution in [1.29, 1.82) is 0 Å². The SMILES string of the molecule is C=CCP(C)(=S)N=C=O. The molecule has 0 aliphatic heterocycles. The molecule has 0 aliphatic rings. The summed E-state index contributed by atoms with van der Waals surface area (Å²) in [5, 5.41) is 0. The van der Waals surface area contributed by atoms with Crippen molar-refractivity contribution in [3.8, 4) is 0 Å². The maximum atomic E-state index is 9.73. The van der Waals surface area contributed by atoms with Gasteiger partial charge >= 0.3 is 0 Å². The topological polar surface area (TPSA) is 29.4 Å². The van der Waals surface area contributed by atoms with E-state index in [0.29, 0.717) is 6.16 Å². The van der Waals surface area contributed by atoms with Gasteiger partial charge in [0.25, 0.3) is 0 Å². The number of rotatable bonds is 3. The molecule has 1 unspecified atom stereocenters. The van der Waals surface area contributed by atoms with Crippen molar-refractivity contribution in [1.82, 2.24) is 0 Å². The van der Waals surface area contributed by atoms with E-state index in [-0.39, 0.29) is 0 Å². The van der Waals surface area contributed by atoms with E-state index in [0.717, 1.165) is 0 Å². The fraction of sp³-hybridized carbons (Fsp3) is 0.400. The number of hydrogen-bond donors (Lipinski definition) is 0. The molecule has 50 valence electrons. The minimum Gasteiger partial charge on any atom is -0.211 e. The fourth-order valence-electron chi connectivity index (χ4n) is 0.367. The monoisotopic (exact) mass is 161 g/mol. The van der Waals surface area contributed by atoms with Crippen LogP contribution in [0.1, 0.15) is 0 Å². The molecule has 0 aromatic rings. The number of isocyanates is 1. The van der Waals surface area contributed by atoms with Gasteiger partial charge in [-0.15, -0.1) is 6.58 Å². The summed E-state index contributed by atoms with van der Waals surface area (Å²) in [4.78, 5) is 9.73. The summed E-state index contributed by atoms with van der Waals surface area (Å²) in [6, 6.07) is 0. The van der Waals surface area contributed by atoms with Gasteiger partial charge in [-0.1, -0.05) is 17.9 Å². The first kappa shape index (κ1) is 8.77. The van der Waals surface area contributed by atoms with Crippen LogP contribution in [-0.2, 0) is 16.6 Å². The largest absolute Gasteiger partial charge is 0.239 e. The Bertz CT molecular complexity index is 195. The number of carbonyl (C=O) groups excluding carboxylic acids is 1. The van der Waals surface area contributed by atoms with Gasteiger partial charge in [0.2, 0.25) is 6.08 Å². The van der Waals surface area contributed by atoms with E-state index in [1.54, 1.807) is 12.7 Å². The summed E-state index contributed by atoms with van der Waals surface area (Å²) in [5.74, 6) is 0. The van der Waals surface area contributed by atoms with Crippen molar-refractivity contribution < 1.29 is 4.79 Å². The third kappa shape index (κ3) is 4.28. The molecule has 4 heteroatoms. The van der Waals surface area contributed by atoms with Gasteiger partial charge in [0.1, 0.15) is 0 Å². The Balaban J connectivity index is 4.19. The highest BCUT2D eigenvalue weighted by Crippen LogP contribution is 2.42. The van der Waals surface area contributed by atoms with Crippen LogP contribution < -0.4 is 0 Å². The van der Waals surface area contributed by atoms with E-state index in [9.17, 15) is 4.79 Å². The molecule has 0 bridgehead atoms. The molecule has 0 aromatic carbocycles. The normalized spacial score (nSPS) is 15.2. The van der Waals surface area contributed by atoms with Crippen molar-refractivity contribution in [2.24, 2.45) is 4.76 Å². The molecule has 0 heterocycles. The summed E-state index contributed by atoms with van der Waals surface area (Å²) in [6.07, 6.45) is 2.01. The number of allylic oxidation sites excluding steroid dienone is 1. The predicted molar refractivity (Wildman–Crippen MR) is 43.4 cm³/mol. The number of hydrogen-bond acceptors (Lipinski definition) is 2. The number of nitrogens with zero attached hydrogens (tertiary/aromatic N) is 1. The molecule has 0 saturated heterocycles. The third-order valence-corrected chi connectivity index (χ3v) is 2.85. The molecular formula is C5H8NOPS. The molecule has 0 amide bonds. The van der Waals surface area contributed by atoms with Crippen LogP contribution in [0.15, 0.2) is 17.4 Å². The van der Waals surface area contributed by atoms with Crippen LogP contribution in [0.2, 0.25) is 0 Å². The van der Waals surface area contributed by atoms with Gasteiger partial charge in [-0.2, -0.15) is 4.76 Å². The standard InChI is InChI=1S/C5H8NOPS/c1-3-4-8(2,9)6-5-7/h3H,1,4H2,2H3. The Morgan fingerprint density at radius 3 is 2.89 bits per heavy atom. The minimum absolute atomic E-state index is 0.636. The zero-order chi connectivity index (χ0) is 7.33. The molecule has 0 aliphatic carbocycles. The highest BCUT2D eigenvalue weighted by molar-refractivity contribution is 8.13. The van der Waals surface area contributed by atoms with E-state index in [1.165, 1.54) is 6.08 Å². The summed E-state index contributed by atoms with van der Waals surface area (Å²) in [5.41, 5.74) is 0. The van der Waals surface area contributed by atoms with Crippen LogP contribution >= 0.6 is 6.19 Å². The summed E-state index contributed by atoms with van der Waals surface area (Å²) in [7, 11) is 0. The van der Waals surface area contributed by atoms with E-state index in [4.69, 9.17) is 11.8 Å². The molecular weight excluding hydrogens is 153 g/mol. The predicted octanol–water partition coefficient (Wildman–Crippen LogP) is 1.53. The maximum absolute atomic E-state index is 9.73. The molecule has 0 aromatic heterocycles. The first-order chi connectivity index (χ1) is 4.12. The second-order valence-corrected chi connectivity index (χ2v) is 6.74. The van der Waals surface area contributed by atoms with Crippen molar-refractivity contribution in [3.05, 3.63) is 12.7 Å². The second kappa shape index (κ2) is 3.73. The molecule has 9 heavy (non-hydrogen) atoms. The van der Waals surface area contributed by atoms with Crippen molar-refractivity contribution in [2.75, 3.05) is 12.8 Å². The third-order valence-electron chi connectivity index (χ3n) is 0.720. The van der Waals surface area contributed by atoms with Gasteiger partial charge in [0.05, 0.1) is 6.19 Å². The Kier molecular flexibility index (Phi) is 3.64. The lowest BCUT2D eigenvalue weighted by Gasteiger charge is -2.01. The Morgan fingerprint density at radius 1 is 2.00 bits per heavy atom. The van der Waals surface area contributed by atoms with Gasteiger partial charge in [-0.3, -0.25) is 0 Å². The van der Waals surface area contributed by atoms with Crippen LogP contribution in [0, 0.1) is 0 Å². The Labute approximate surface area is 59.7 Å². The molecule has 1 atom stereocenters. The van der Waals surface area contributed by atoms with E-state index in [1.807, 2.05) is 0 Å². The zero-order valence-corrected chi connectivity index (χ0v) is 6.91. The van der Waals surface area contributed by atoms with Gasteiger partial charge in [-0.25, -0.2) is 4.79 Å². The van der Waals surface area contributed by atoms with Crippen LogP contribution in [0.5, 0.6) is 0 Å². The fourth-order valence-corrected chi connectivity index (χ4v) is 1.52. The molecule has 0 N–H and O–H groups in total. The minimum atomic E-state index is -1.78. The van der Waals surface area contributed by atoms with Crippen molar-refractivity contribution in [2.45, 2.75) is 0 Å². The van der Waals surface area contributed by atoms with Crippen LogP contribution in [0.3, 0.4) is 0 Å². The lowest BCUT2D eigenvalue weighted by molar-refractivity contribution is 0.566. The van der Waals surface area contributed by atoms with Gasteiger partial charge in [0, 0.05) is 6.16 Å². The molecule has 0 radical (unpaired) electrons. The smallest absolute Gasteiger partial charge is 0.211 e. The van der Waals surface area contributed by atoms with Crippen LogP contribution in [0.4, 0.5) is 0 Å². The maximum Gasteiger partial charge on any atom is 0.239 e. The molecule has 2 nitrogen and oxygen atoms in total. The zero-order valence-electron chi connectivity index (χ0n) is 5.20. The quantitative estimate of drug-likeness (QED) is 0.272. The lowest BCUT2D eigenvalue weighted by atomic mass is 10.8. The van der Waals surface area contributed by atoms with Crippen molar-refractivity contribution >= 4 is 24.1 Å². The Morgan fingerprint density at radius 2 is 2.56 bits per heavy atom. The van der Waals surface area contributed by atoms with E-state index < -0.39 is 6.19 Å². The molecule has 0 rings (SSSR count). The second-order valence-electron chi connectivity index (χ2n) is 1.71. The van der Waals surface area contributed by atoms with Crippen molar-refractivity contribution in [3.63, 3.8) is 0 Å². The van der Waals surface area contributed by atoms with Crippen LogP contribution in [0.25, 0.3) is 0 Å². The summed E-state index contributed by atoms with van der Waals surface area (Å²) < 4.78 is 3.50. The van der Waals surface area contributed by atoms with Gasteiger partial charge in [-0.05, 0) is 6.66 Å². The average Bonchev–Trinajstić information content (AvgIpc) is 1.64. The first-order valence-corrected chi connectivity index (χ1v) is 5.78. The Hall–Kier alpha value is -0.230. The van der Waals surface area contributed by atoms with Crippen LogP contribution in [-0.4, -0.2) is 18.9 Å². The summed E-state index contributed by atoms with van der Waals surface area (Å²) in [6.45, 7) is 5.29. The summed E-state index contributed by atoms with van der Waals surface area (Å²) >= 11 is 4.95. The highest BCUT2D eigenvalue weighted by atomic mass is 32.4. The highest BCUT2D eigenvalue weighted by Gasteiger charge is 2.02. The molecule has 0 spiro atoms. The lowest BCUT2D eigenvalue weighted by Crippen LogP contribution is -1.76.